The summed E-state index contributed by atoms with van der Waals surface area (Å²) in [7, 11) is 0. The minimum Gasteiger partial charge on any atom is -0.228 e. The molecule has 129 heavy (non-hydrogen) atoms. The van der Waals surface area contributed by atoms with Crippen LogP contribution in [0.25, 0.3) is 232 Å². The number of hydrogen-bond acceptors (Lipinski definition) is 6. The molecular formula is C123H84N6. The molecule has 606 valence electrons. The Morgan fingerprint density at radius 2 is 0.419 bits per heavy atom. The summed E-state index contributed by atoms with van der Waals surface area (Å²) in [6, 6.07) is 144. The minimum atomic E-state index is -0.273. The molecule has 0 N–H and O–H groups in total. The summed E-state index contributed by atoms with van der Waals surface area (Å²) in [6.07, 6.45) is 0. The second-order valence-corrected chi connectivity index (χ2v) is 36.6. The summed E-state index contributed by atoms with van der Waals surface area (Å²) < 4.78 is 0. The van der Waals surface area contributed by atoms with Crippen LogP contribution in [0.1, 0.15) is 74.9 Å². The maximum atomic E-state index is 5.32. The lowest BCUT2D eigenvalue weighted by atomic mass is 9.79. The van der Waals surface area contributed by atoms with Gasteiger partial charge in [0.05, 0.1) is 34.2 Å². The first-order valence-electron chi connectivity index (χ1n) is 44.8. The molecule has 3 aliphatic carbocycles. The zero-order chi connectivity index (χ0) is 86.1. The lowest BCUT2D eigenvalue weighted by molar-refractivity contribution is 0.657. The van der Waals surface area contributed by atoms with Crippen molar-refractivity contribution in [1.82, 2.24) is 29.9 Å². The van der Waals surface area contributed by atoms with Crippen molar-refractivity contribution in [2.24, 2.45) is 0 Å². The maximum absolute atomic E-state index is 5.32. The van der Waals surface area contributed by atoms with Gasteiger partial charge in [-0.3, -0.25) is 0 Å². The lowest BCUT2D eigenvalue weighted by Crippen LogP contribution is -2.17. The van der Waals surface area contributed by atoms with Gasteiger partial charge in [-0.2, -0.15) is 0 Å². The molecule has 0 radical (unpaired) electrons. The highest BCUT2D eigenvalue weighted by Crippen LogP contribution is 2.57. The zero-order valence-corrected chi connectivity index (χ0v) is 72.3. The van der Waals surface area contributed by atoms with Gasteiger partial charge >= 0.3 is 0 Å². The topological polar surface area (TPSA) is 77.3 Å². The van der Waals surface area contributed by atoms with Gasteiger partial charge in [-0.1, -0.05) is 424 Å². The van der Waals surface area contributed by atoms with Crippen LogP contribution >= 0.6 is 0 Å². The van der Waals surface area contributed by atoms with E-state index in [0.717, 1.165) is 85.0 Å². The fourth-order valence-electron chi connectivity index (χ4n) is 22.0. The molecule has 0 unspecified atom stereocenters. The van der Waals surface area contributed by atoms with Crippen molar-refractivity contribution in [1.29, 1.82) is 0 Å². The van der Waals surface area contributed by atoms with E-state index in [9.17, 15) is 0 Å². The van der Waals surface area contributed by atoms with Crippen molar-refractivity contribution in [3.63, 3.8) is 0 Å². The Labute approximate surface area is 748 Å². The van der Waals surface area contributed by atoms with E-state index in [1.54, 1.807) is 0 Å². The van der Waals surface area contributed by atoms with Crippen molar-refractivity contribution in [3.8, 4) is 135 Å². The smallest absolute Gasteiger partial charge is 0.160 e. The standard InChI is InChI=1S/3C41H28N2/c1-41(2)34-23-20-30(31-21-18-27-17-16-25-14-9-15-26-19-22-32(31)36(27)35(25)26)24-33(34)39-37(41)38(28-10-5-3-6-11-28)42-40(43-39)29-12-7-4-8-13-29;1-41(2)34-24-30(31-21-18-27-17-16-25-14-9-15-26-19-22-32(31)36(27)35(25)26)20-23-33(34)39-37(41)38(28-10-5-3-6-11-28)42-40(43-39)29-12-7-4-8-13-29;1-41(2)34-17-7-6-16-33(34)39-37(41)38(42-40(43-39)28-10-4-3-5-11-28)30-15-9-14-29(24-30)31-22-20-27-19-18-25-12-8-13-26-21-23-32(31)36(27)35(25)26/h3*3-24H,1-2H3. The van der Waals surface area contributed by atoms with Gasteiger partial charge in [0.25, 0.3) is 0 Å². The summed E-state index contributed by atoms with van der Waals surface area (Å²) in [5, 5.41) is 23.5. The molecule has 24 aromatic rings. The van der Waals surface area contributed by atoms with E-state index in [1.807, 2.05) is 18.2 Å². The Morgan fingerprint density at radius 3 is 0.829 bits per heavy atom. The second-order valence-electron chi connectivity index (χ2n) is 36.6. The molecule has 3 aliphatic rings. The van der Waals surface area contributed by atoms with E-state index in [2.05, 4.69) is 424 Å². The van der Waals surface area contributed by atoms with Gasteiger partial charge in [0.15, 0.2) is 17.5 Å². The number of fused-ring (bicyclic) bond motifs is 9. The molecule has 0 saturated heterocycles. The number of benzene rings is 21. The van der Waals surface area contributed by atoms with E-state index in [0.29, 0.717) is 0 Å². The quantitative estimate of drug-likeness (QED) is 0.134. The average Bonchev–Trinajstić information content (AvgIpc) is 1.57. The molecule has 0 aliphatic heterocycles. The Hall–Kier alpha value is -16.0. The van der Waals surface area contributed by atoms with Crippen LogP contribution < -0.4 is 0 Å². The van der Waals surface area contributed by atoms with Gasteiger partial charge in [0.2, 0.25) is 0 Å². The molecule has 0 spiro atoms. The molecule has 6 heteroatoms. The van der Waals surface area contributed by atoms with Crippen LogP contribution in [0.15, 0.2) is 400 Å². The predicted molar refractivity (Wildman–Crippen MR) is 539 cm³/mol. The molecule has 0 fully saturated rings. The third-order valence-electron chi connectivity index (χ3n) is 28.2. The number of rotatable bonds is 9. The number of hydrogen-bond donors (Lipinski definition) is 0. The van der Waals surface area contributed by atoms with Crippen LogP contribution in [0.5, 0.6) is 0 Å². The van der Waals surface area contributed by atoms with Gasteiger partial charge in [-0.25, -0.2) is 29.9 Å². The van der Waals surface area contributed by atoms with Crippen molar-refractivity contribution >= 4 is 97.0 Å². The number of nitrogens with zero attached hydrogens (tertiary/aromatic N) is 6. The summed E-state index contributed by atoms with van der Waals surface area (Å²) in [5.74, 6) is 2.28. The third kappa shape index (κ3) is 11.9. The molecule has 0 bridgehead atoms. The Morgan fingerprint density at radius 1 is 0.155 bits per heavy atom. The van der Waals surface area contributed by atoms with Crippen molar-refractivity contribution in [2.75, 3.05) is 0 Å². The maximum Gasteiger partial charge on any atom is 0.160 e. The molecule has 0 atom stereocenters. The van der Waals surface area contributed by atoms with Crippen LogP contribution in [0, 0.1) is 0 Å². The Balaban J connectivity index is 0.000000105. The first kappa shape index (κ1) is 75.5. The molecule has 3 aromatic heterocycles. The molecule has 0 saturated carbocycles. The van der Waals surface area contributed by atoms with Gasteiger partial charge in [0, 0.05) is 83.0 Å². The first-order valence-corrected chi connectivity index (χ1v) is 44.8. The van der Waals surface area contributed by atoms with Crippen molar-refractivity contribution in [2.45, 2.75) is 57.8 Å². The minimum absolute atomic E-state index is 0.223. The highest BCUT2D eigenvalue weighted by Gasteiger charge is 2.44. The summed E-state index contributed by atoms with van der Waals surface area (Å²) in [4.78, 5) is 31.5. The van der Waals surface area contributed by atoms with E-state index in [1.165, 1.54) is 180 Å². The highest BCUT2D eigenvalue weighted by molar-refractivity contribution is 6.28. The monoisotopic (exact) mass is 1640 g/mol. The Kier molecular flexibility index (Phi) is 17.0. The molecule has 3 heterocycles. The van der Waals surface area contributed by atoms with Crippen LogP contribution in [-0.4, -0.2) is 29.9 Å². The van der Waals surface area contributed by atoms with Gasteiger partial charge in [-0.15, -0.1) is 0 Å². The number of aromatic nitrogens is 6. The van der Waals surface area contributed by atoms with Crippen LogP contribution in [0.4, 0.5) is 0 Å². The van der Waals surface area contributed by atoms with E-state index < -0.39 is 0 Å². The van der Waals surface area contributed by atoms with Crippen molar-refractivity contribution in [3.05, 3.63) is 434 Å². The van der Waals surface area contributed by atoms with Crippen LogP contribution in [0.2, 0.25) is 0 Å². The zero-order valence-electron chi connectivity index (χ0n) is 72.3. The van der Waals surface area contributed by atoms with E-state index in [-0.39, 0.29) is 16.2 Å². The second kappa shape index (κ2) is 29.0. The molecule has 6 nitrogen and oxygen atoms in total. The molecule has 27 rings (SSSR count). The van der Waals surface area contributed by atoms with Gasteiger partial charge < -0.3 is 0 Å². The van der Waals surface area contributed by atoms with Gasteiger partial charge in [0.1, 0.15) is 0 Å². The van der Waals surface area contributed by atoms with Crippen LogP contribution in [-0.2, 0) is 16.2 Å². The molecular weight excluding hydrogens is 1560 g/mol. The average molecular weight is 1650 g/mol. The van der Waals surface area contributed by atoms with E-state index in [4.69, 9.17) is 29.9 Å². The Bertz CT molecular complexity index is 8590. The van der Waals surface area contributed by atoms with Gasteiger partial charge in [-0.05, 0) is 165 Å². The van der Waals surface area contributed by atoms with Crippen molar-refractivity contribution < 1.29 is 0 Å². The predicted octanol–water partition coefficient (Wildman–Crippen LogP) is 32.0. The summed E-state index contributed by atoms with van der Waals surface area (Å²) >= 11 is 0. The largest absolute Gasteiger partial charge is 0.228 e. The lowest BCUT2D eigenvalue weighted by Gasteiger charge is -2.24. The molecule has 0 amide bonds. The highest BCUT2D eigenvalue weighted by atomic mass is 14.9. The fraction of sp³-hybridized carbons (Fsp3) is 0.0732. The van der Waals surface area contributed by atoms with E-state index >= 15 is 0 Å². The molecule has 21 aromatic carbocycles. The first-order chi connectivity index (χ1) is 63.2. The SMILES string of the molecule is CC1(C)c2cc(-c3ccc4ccc5cccc6ccc3c4c56)ccc2-c2nc(-c3ccccc3)nc(-c3ccccc3)c21.CC1(C)c2ccc(-c3ccc4ccc5cccc6ccc3c4c56)cc2-c2nc(-c3ccccc3)nc(-c3ccccc3)c21.CC1(C)c2ccccc2-c2nc(-c3ccccc3)nc(-c3cccc(-c4ccc5ccc6cccc7ccc4c5c67)c3)c21. The third-order valence-corrected chi connectivity index (χ3v) is 28.2. The fourth-order valence-corrected chi connectivity index (χ4v) is 22.0. The normalized spacial score (nSPS) is 13.5. The summed E-state index contributed by atoms with van der Waals surface area (Å²) in [5.41, 5.74) is 30.3. The summed E-state index contributed by atoms with van der Waals surface area (Å²) in [6.45, 7) is 13.9. The van der Waals surface area contributed by atoms with Crippen LogP contribution in [0.3, 0.4) is 0 Å².